The fourth-order valence-electron chi connectivity index (χ4n) is 3.48. The second kappa shape index (κ2) is 14.7. The second-order valence-electron chi connectivity index (χ2n) is 7.94. The van der Waals surface area contributed by atoms with E-state index in [-0.39, 0.29) is 5.97 Å². The summed E-state index contributed by atoms with van der Waals surface area (Å²) in [7, 11) is 8.46. The molecule has 0 saturated carbocycles. The van der Waals surface area contributed by atoms with E-state index in [2.05, 4.69) is 49.5 Å². The van der Waals surface area contributed by atoms with Crippen LogP contribution in [-0.2, 0) is 4.74 Å². The highest BCUT2D eigenvalue weighted by Crippen LogP contribution is 2.14. The molecule has 0 heterocycles. The van der Waals surface area contributed by atoms with Crippen molar-refractivity contribution in [3.63, 3.8) is 0 Å². The van der Waals surface area contributed by atoms with Crippen LogP contribution in [0.2, 0.25) is 0 Å². The quantitative estimate of drug-likeness (QED) is 0.158. The number of rotatable bonds is 13. The van der Waals surface area contributed by atoms with Gasteiger partial charge in [0.1, 0.15) is 5.75 Å². The fourth-order valence-corrected chi connectivity index (χ4v) is 3.48. The maximum absolute atomic E-state index is 11.7. The molecule has 0 unspecified atom stereocenters. The van der Waals surface area contributed by atoms with Crippen LogP contribution in [0.25, 0.3) is 0 Å². The number of nitrogens with zero attached hydrogens (tertiary/aromatic N) is 3. The van der Waals surface area contributed by atoms with Gasteiger partial charge in [0, 0.05) is 0 Å². The Balaban J connectivity index is 2.32. The van der Waals surface area contributed by atoms with Crippen LogP contribution in [0.3, 0.4) is 0 Å². The molecule has 0 atom stereocenters. The third-order valence-corrected chi connectivity index (χ3v) is 4.82. The highest BCUT2D eigenvalue weighted by Gasteiger charge is 2.21. The van der Waals surface area contributed by atoms with E-state index in [1.807, 2.05) is 12.1 Å². The molecule has 1 aromatic carbocycles. The summed E-state index contributed by atoms with van der Waals surface area (Å²) in [6, 6.07) is 7.17. The van der Waals surface area contributed by atoms with Crippen LogP contribution >= 0.6 is 0 Å². The number of hydrogen-bond donors (Lipinski definition) is 0. The van der Waals surface area contributed by atoms with Gasteiger partial charge in [0.05, 0.1) is 60.1 Å². The lowest BCUT2D eigenvalue weighted by molar-refractivity contribution is -0.476. The van der Waals surface area contributed by atoms with Crippen LogP contribution in [0.15, 0.2) is 24.3 Å². The number of benzene rings is 1. The summed E-state index contributed by atoms with van der Waals surface area (Å²) in [5, 5.41) is 0. The Labute approximate surface area is 183 Å². The molecule has 0 bridgehead atoms. The minimum atomic E-state index is -0.291. The van der Waals surface area contributed by atoms with Gasteiger partial charge in [-0.3, -0.25) is 14.4 Å². The van der Waals surface area contributed by atoms with E-state index in [1.54, 1.807) is 19.1 Å². The zero-order chi connectivity index (χ0) is 22.4. The first kappa shape index (κ1) is 25.8. The van der Waals surface area contributed by atoms with Crippen LogP contribution < -0.4 is 4.74 Å². The Morgan fingerprint density at radius 3 is 2.13 bits per heavy atom. The first-order valence-corrected chi connectivity index (χ1v) is 11.3. The average Bonchev–Trinajstić information content (AvgIpc) is 2.71. The first-order valence-electron chi connectivity index (χ1n) is 11.3. The van der Waals surface area contributed by atoms with Crippen molar-refractivity contribution in [2.45, 2.75) is 52.4 Å². The molecule has 30 heavy (non-hydrogen) atoms. The van der Waals surface area contributed by atoms with Crippen LogP contribution in [0.5, 0.6) is 5.75 Å². The van der Waals surface area contributed by atoms with Gasteiger partial charge in [0.25, 0.3) is 0 Å². The van der Waals surface area contributed by atoms with Crippen molar-refractivity contribution in [2.75, 3.05) is 54.5 Å². The van der Waals surface area contributed by atoms with Gasteiger partial charge in [-0.25, -0.2) is 4.79 Å². The molecule has 0 amide bonds. The molecule has 170 valence electrons. The zero-order valence-electron chi connectivity index (χ0n) is 19.9. The fraction of sp³-hybridized carbons (Fsp3) is 0.667. The number of carbonyl (C=O) groups excluding carboxylic acids is 1. The van der Waals surface area contributed by atoms with E-state index in [0.29, 0.717) is 18.8 Å². The molecule has 0 N–H and O–H groups in total. The summed E-state index contributed by atoms with van der Waals surface area (Å²) in [5.41, 5.74) is 0.559. The Kier molecular flexibility index (Phi) is 12.6. The number of unbranched alkanes of at least 4 members (excludes halogenated alkanes) is 4. The summed E-state index contributed by atoms with van der Waals surface area (Å²) in [5.74, 6) is 1.78. The zero-order valence-corrected chi connectivity index (χ0v) is 19.9. The van der Waals surface area contributed by atoms with Crippen LogP contribution in [0.4, 0.5) is 0 Å². The standard InChI is InChI=1S/C24H42N3O3/c1-7-9-18-27(24(25(3)4)26(5)6)19-12-10-11-13-20-30-22-16-14-21(15-17-22)23(28)29-8-2/h14-17H,7-13,18-20H2,1-6H3/q+1. The van der Waals surface area contributed by atoms with E-state index < -0.39 is 0 Å². The Hall–Kier alpha value is -2.24. The maximum Gasteiger partial charge on any atom is 0.349 e. The third-order valence-electron chi connectivity index (χ3n) is 4.82. The molecular formula is C24H42N3O3+. The van der Waals surface area contributed by atoms with E-state index >= 15 is 0 Å². The van der Waals surface area contributed by atoms with Crippen molar-refractivity contribution < 1.29 is 18.8 Å². The summed E-state index contributed by atoms with van der Waals surface area (Å²) < 4.78 is 13.0. The molecule has 0 spiro atoms. The molecular weight excluding hydrogens is 378 g/mol. The lowest BCUT2D eigenvalue weighted by Gasteiger charge is -2.25. The molecule has 0 aliphatic rings. The minimum absolute atomic E-state index is 0.291. The number of esters is 1. The van der Waals surface area contributed by atoms with Crippen LogP contribution in [-0.4, -0.2) is 80.8 Å². The number of hydrogen-bond acceptors (Lipinski definition) is 3. The monoisotopic (exact) mass is 420 g/mol. The van der Waals surface area contributed by atoms with Crippen LogP contribution in [0.1, 0.15) is 62.7 Å². The largest absolute Gasteiger partial charge is 0.494 e. The van der Waals surface area contributed by atoms with Crippen molar-refractivity contribution in [1.29, 1.82) is 0 Å². The average molecular weight is 421 g/mol. The number of guanidine groups is 1. The second-order valence-corrected chi connectivity index (χ2v) is 7.94. The Bertz CT molecular complexity index is 638. The third kappa shape index (κ3) is 9.51. The van der Waals surface area contributed by atoms with Gasteiger partial charge in [0.2, 0.25) is 0 Å². The van der Waals surface area contributed by atoms with Gasteiger partial charge in [-0.2, -0.15) is 0 Å². The maximum atomic E-state index is 11.7. The van der Waals surface area contributed by atoms with E-state index in [4.69, 9.17) is 9.47 Å². The van der Waals surface area contributed by atoms with Crippen molar-refractivity contribution in [3.05, 3.63) is 29.8 Å². The molecule has 1 aromatic rings. The SMILES string of the molecule is CCCCN(CCCCCCOc1ccc(C(=O)OCC)cc1)C(N(C)C)=[N+](C)C. The minimum Gasteiger partial charge on any atom is -0.494 e. The normalized spacial score (nSPS) is 10.5. The Morgan fingerprint density at radius 1 is 0.933 bits per heavy atom. The molecule has 1 rings (SSSR count). The molecule has 0 aromatic heterocycles. The molecule has 0 fully saturated rings. The number of carbonyl (C=O) groups is 1. The molecule has 6 nitrogen and oxygen atoms in total. The topological polar surface area (TPSA) is 45.0 Å². The first-order chi connectivity index (χ1) is 14.4. The van der Waals surface area contributed by atoms with Crippen LogP contribution in [0, 0.1) is 0 Å². The van der Waals surface area contributed by atoms with Gasteiger partial charge >= 0.3 is 11.9 Å². The highest BCUT2D eigenvalue weighted by atomic mass is 16.5. The summed E-state index contributed by atoms with van der Waals surface area (Å²) in [4.78, 5) is 16.4. The lowest BCUT2D eigenvalue weighted by atomic mass is 10.2. The van der Waals surface area contributed by atoms with Gasteiger partial charge in [0.15, 0.2) is 0 Å². The van der Waals surface area contributed by atoms with Crippen molar-refractivity contribution >= 4 is 11.9 Å². The van der Waals surface area contributed by atoms with Crippen molar-refractivity contribution in [1.82, 2.24) is 9.80 Å². The molecule has 0 saturated heterocycles. The van der Waals surface area contributed by atoms with Gasteiger partial charge in [-0.05, 0) is 56.9 Å². The van der Waals surface area contributed by atoms with Crippen molar-refractivity contribution in [2.24, 2.45) is 0 Å². The van der Waals surface area contributed by atoms with Gasteiger partial charge < -0.3 is 9.47 Å². The molecule has 0 aliphatic carbocycles. The molecule has 0 aliphatic heterocycles. The van der Waals surface area contributed by atoms with E-state index in [0.717, 1.165) is 31.7 Å². The highest BCUT2D eigenvalue weighted by molar-refractivity contribution is 5.89. The molecule has 6 heteroatoms. The van der Waals surface area contributed by atoms with Gasteiger partial charge in [-0.15, -0.1) is 0 Å². The number of ether oxygens (including phenoxy) is 2. The predicted molar refractivity (Wildman–Crippen MR) is 124 cm³/mol. The lowest BCUT2D eigenvalue weighted by Crippen LogP contribution is -2.46. The van der Waals surface area contributed by atoms with Gasteiger partial charge in [-0.1, -0.05) is 19.8 Å². The Morgan fingerprint density at radius 2 is 1.57 bits per heavy atom. The smallest absolute Gasteiger partial charge is 0.349 e. The van der Waals surface area contributed by atoms with E-state index in [1.165, 1.54) is 31.6 Å². The summed E-state index contributed by atoms with van der Waals surface area (Å²) in [6.45, 7) is 7.32. The van der Waals surface area contributed by atoms with Crippen molar-refractivity contribution in [3.8, 4) is 5.75 Å². The summed E-state index contributed by atoms with van der Waals surface area (Å²) >= 11 is 0. The predicted octanol–water partition coefficient (Wildman–Crippen LogP) is 4.09. The van der Waals surface area contributed by atoms with E-state index in [9.17, 15) is 4.79 Å². The summed E-state index contributed by atoms with van der Waals surface area (Å²) in [6.07, 6.45) is 7.00. The molecule has 0 radical (unpaired) electrons.